The van der Waals surface area contributed by atoms with Gasteiger partial charge in [-0.3, -0.25) is 9.79 Å². The van der Waals surface area contributed by atoms with E-state index in [9.17, 15) is 18.8 Å². The molecule has 314 valence electrons. The molecule has 0 fully saturated rings. The van der Waals surface area contributed by atoms with Crippen LogP contribution in [0.1, 0.15) is 98.9 Å². The second kappa shape index (κ2) is 19.3. The van der Waals surface area contributed by atoms with Crippen LogP contribution in [0.4, 0.5) is 4.39 Å². The molecule has 59 heavy (non-hydrogen) atoms. The van der Waals surface area contributed by atoms with Gasteiger partial charge < -0.3 is 33.6 Å². The van der Waals surface area contributed by atoms with Crippen LogP contribution in [0.25, 0.3) is 11.3 Å². The van der Waals surface area contributed by atoms with E-state index in [4.69, 9.17) is 40.3 Å². The van der Waals surface area contributed by atoms with E-state index in [-0.39, 0.29) is 52.9 Å². The standard InChI is InChI=1S/C44H50ClFN4O8S/c1-7-56-42(52)30-24-50-33(23-34(30)51)29-22-35(54-6)36(19-26(29)20-37(50)44(3,4)5)58-17-12-10-9-11-16-55-25-32-38(43(53)57-8-2)39(28-14-13-27(46)21-31(28)45)49-40(48-32)41-47-15-18-59-41/h13-15,18-19,21-24,37,39H,7-12,16-17,20,25H2,1-6H3,(H,48,49). The molecule has 2 aliphatic rings. The Morgan fingerprint density at radius 2 is 1.75 bits per heavy atom. The lowest BCUT2D eigenvalue weighted by molar-refractivity contribution is -0.139. The Bertz CT molecular complexity index is 2280. The molecule has 2 aromatic carbocycles. The van der Waals surface area contributed by atoms with Crippen molar-refractivity contribution in [3.05, 3.63) is 108 Å². The second-order valence-corrected chi connectivity index (χ2v) is 16.5. The molecule has 1 N–H and O–H groups in total. The molecular formula is C44H50ClFN4O8S. The highest BCUT2D eigenvalue weighted by Crippen LogP contribution is 2.46. The summed E-state index contributed by atoms with van der Waals surface area (Å²) in [7, 11) is 1.59. The molecule has 2 aromatic heterocycles. The molecule has 2 atom stereocenters. The summed E-state index contributed by atoms with van der Waals surface area (Å²) >= 11 is 7.87. The van der Waals surface area contributed by atoms with Crippen molar-refractivity contribution in [3.63, 3.8) is 0 Å². The quantitative estimate of drug-likeness (QED) is 0.0812. The van der Waals surface area contributed by atoms with E-state index >= 15 is 0 Å². The lowest BCUT2D eigenvalue weighted by atomic mass is 9.78. The first-order valence-electron chi connectivity index (χ1n) is 19.8. The number of nitrogens with zero attached hydrogens (tertiary/aromatic N) is 3. The van der Waals surface area contributed by atoms with Crippen molar-refractivity contribution in [2.24, 2.45) is 10.4 Å². The number of hydrogen-bond acceptors (Lipinski definition) is 12. The third-order valence-electron chi connectivity index (χ3n) is 10.2. The molecular weight excluding hydrogens is 799 g/mol. The number of carbonyl (C=O) groups is 2. The first kappa shape index (κ1) is 43.5. The zero-order chi connectivity index (χ0) is 42.3. The highest BCUT2D eigenvalue weighted by molar-refractivity contribution is 7.11. The van der Waals surface area contributed by atoms with Gasteiger partial charge in [0.25, 0.3) is 0 Å². The number of fused-ring (bicyclic) bond motifs is 3. The van der Waals surface area contributed by atoms with Crippen molar-refractivity contribution in [2.45, 2.75) is 78.8 Å². The third-order valence-corrected chi connectivity index (χ3v) is 11.3. The van der Waals surface area contributed by atoms with Crippen molar-refractivity contribution in [3.8, 4) is 22.8 Å². The van der Waals surface area contributed by atoms with Gasteiger partial charge >= 0.3 is 11.9 Å². The van der Waals surface area contributed by atoms with E-state index in [1.54, 1.807) is 33.4 Å². The molecule has 4 heterocycles. The molecule has 12 nitrogen and oxygen atoms in total. The number of thiazole rings is 1. The molecule has 15 heteroatoms. The topological polar surface area (TPSA) is 140 Å². The van der Waals surface area contributed by atoms with E-state index < -0.39 is 23.8 Å². The van der Waals surface area contributed by atoms with E-state index in [0.717, 1.165) is 36.8 Å². The molecule has 4 aromatic rings. The number of carbonyl (C=O) groups excluding carboxylic acids is 2. The number of benzene rings is 2. The lowest BCUT2D eigenvalue weighted by Gasteiger charge is -2.39. The minimum Gasteiger partial charge on any atom is -0.493 e. The van der Waals surface area contributed by atoms with Crippen molar-refractivity contribution < 1.29 is 37.7 Å². The predicted molar refractivity (Wildman–Crippen MR) is 225 cm³/mol. The number of methoxy groups -OCH3 is 1. The van der Waals surface area contributed by atoms with Gasteiger partial charge in [-0.25, -0.2) is 19.0 Å². The fraction of sp³-hybridized carbons (Fsp3) is 0.432. The van der Waals surface area contributed by atoms with Crippen LogP contribution in [-0.2, 0) is 25.4 Å². The number of hydrogen-bond donors (Lipinski definition) is 1. The predicted octanol–water partition coefficient (Wildman–Crippen LogP) is 8.66. The molecule has 0 saturated carbocycles. The SMILES string of the molecule is CCOC(=O)C1=C(COCCCCCCOc2cc3c(cc2OC)-c2cc(=O)c(C(=O)OCC)cn2C(C(C)(C)C)C3)NC(c2nccs2)=NC1c1ccc(F)cc1Cl. The summed E-state index contributed by atoms with van der Waals surface area (Å²) in [5.74, 6) is -0.0548. The van der Waals surface area contributed by atoms with E-state index in [0.29, 0.717) is 58.9 Å². The zero-order valence-corrected chi connectivity index (χ0v) is 35.8. The second-order valence-electron chi connectivity index (χ2n) is 15.2. The third kappa shape index (κ3) is 10.0. The molecule has 6 rings (SSSR count). The Balaban J connectivity index is 1.07. The monoisotopic (exact) mass is 848 g/mol. The molecule has 2 unspecified atom stereocenters. The van der Waals surface area contributed by atoms with E-state index in [1.807, 2.05) is 22.1 Å². The van der Waals surface area contributed by atoms with Crippen molar-refractivity contribution in [1.82, 2.24) is 14.9 Å². The van der Waals surface area contributed by atoms with Gasteiger partial charge in [-0.1, -0.05) is 44.9 Å². The normalized spacial score (nSPS) is 16.1. The zero-order valence-electron chi connectivity index (χ0n) is 34.2. The van der Waals surface area contributed by atoms with Gasteiger partial charge in [-0.2, -0.15) is 0 Å². The Kier molecular flexibility index (Phi) is 14.3. The van der Waals surface area contributed by atoms with Crippen LogP contribution in [0.3, 0.4) is 0 Å². The molecule has 2 aliphatic heterocycles. The molecule has 0 aliphatic carbocycles. The molecule has 0 saturated heterocycles. The summed E-state index contributed by atoms with van der Waals surface area (Å²) < 4.78 is 44.8. The van der Waals surface area contributed by atoms with Gasteiger partial charge in [-0.15, -0.1) is 11.3 Å². The molecule has 0 spiro atoms. The number of aromatic nitrogens is 2. The maximum atomic E-state index is 14.0. The summed E-state index contributed by atoms with van der Waals surface area (Å²) in [5.41, 5.74) is 3.23. The van der Waals surface area contributed by atoms with Gasteiger partial charge in [-0.05, 0) is 74.8 Å². The molecule has 0 radical (unpaired) electrons. The number of unbranched alkanes of at least 4 members (excludes halogenated alkanes) is 3. The maximum absolute atomic E-state index is 14.0. The van der Waals surface area contributed by atoms with Crippen LogP contribution in [-0.4, -0.2) is 67.5 Å². The highest BCUT2D eigenvalue weighted by Gasteiger charge is 2.36. The Hall–Kier alpha value is -5.05. The Morgan fingerprint density at radius 3 is 2.42 bits per heavy atom. The lowest BCUT2D eigenvalue weighted by Crippen LogP contribution is -2.36. The smallest absolute Gasteiger partial charge is 0.343 e. The van der Waals surface area contributed by atoms with Gasteiger partial charge in [0.1, 0.15) is 17.4 Å². The molecule has 0 amide bonds. The average Bonchev–Trinajstić information content (AvgIpc) is 3.74. The maximum Gasteiger partial charge on any atom is 0.343 e. The van der Waals surface area contributed by atoms with Crippen LogP contribution in [0.15, 0.2) is 75.2 Å². The fourth-order valence-electron chi connectivity index (χ4n) is 7.27. The minimum absolute atomic E-state index is 0.0205. The van der Waals surface area contributed by atoms with Gasteiger partial charge in [0.2, 0.25) is 0 Å². The summed E-state index contributed by atoms with van der Waals surface area (Å²) in [6.45, 7) is 11.2. The van der Waals surface area contributed by atoms with Crippen molar-refractivity contribution >= 4 is 40.7 Å². The Morgan fingerprint density at radius 1 is 1.00 bits per heavy atom. The summed E-state index contributed by atoms with van der Waals surface area (Å²) in [4.78, 5) is 48.3. The summed E-state index contributed by atoms with van der Waals surface area (Å²) in [6, 6.07) is 8.54. The number of esters is 2. The van der Waals surface area contributed by atoms with Gasteiger partial charge in [0, 0.05) is 52.6 Å². The number of nitrogens with one attached hydrogen (secondary N) is 1. The van der Waals surface area contributed by atoms with Crippen LogP contribution >= 0.6 is 22.9 Å². The van der Waals surface area contributed by atoms with Gasteiger partial charge in [0.15, 0.2) is 27.8 Å². The van der Waals surface area contributed by atoms with Crippen LogP contribution < -0.4 is 20.2 Å². The van der Waals surface area contributed by atoms with E-state index in [1.165, 1.54) is 35.6 Å². The summed E-state index contributed by atoms with van der Waals surface area (Å²) in [5, 5.41) is 5.82. The largest absolute Gasteiger partial charge is 0.493 e. The van der Waals surface area contributed by atoms with Crippen LogP contribution in [0.2, 0.25) is 5.02 Å². The Labute approximate surface area is 352 Å². The number of amidine groups is 1. The van der Waals surface area contributed by atoms with E-state index in [2.05, 4.69) is 31.1 Å². The number of aliphatic imine (C=N–C) groups is 1. The average molecular weight is 849 g/mol. The fourth-order valence-corrected chi connectivity index (χ4v) is 8.13. The number of halogens is 2. The minimum atomic E-state index is -0.860. The van der Waals surface area contributed by atoms with Gasteiger partial charge in [0.05, 0.1) is 50.5 Å². The number of rotatable bonds is 17. The first-order chi connectivity index (χ1) is 28.3. The molecule has 0 bridgehead atoms. The van der Waals surface area contributed by atoms with Crippen LogP contribution in [0.5, 0.6) is 11.5 Å². The number of pyridine rings is 1. The van der Waals surface area contributed by atoms with Crippen molar-refractivity contribution in [1.29, 1.82) is 0 Å². The highest BCUT2D eigenvalue weighted by atomic mass is 35.5. The first-order valence-corrected chi connectivity index (χ1v) is 21.0. The summed E-state index contributed by atoms with van der Waals surface area (Å²) in [6.07, 6.45) is 7.32. The van der Waals surface area contributed by atoms with Crippen molar-refractivity contribution in [2.75, 3.05) is 40.1 Å². The van der Waals surface area contributed by atoms with Crippen LogP contribution in [0, 0.1) is 11.2 Å². The number of ether oxygens (including phenoxy) is 5.